The second-order valence-electron chi connectivity index (χ2n) is 4.59. The van der Waals surface area contributed by atoms with Crippen LogP contribution in [0.5, 0.6) is 0 Å². The van der Waals surface area contributed by atoms with Gasteiger partial charge in [-0.2, -0.15) is 0 Å². The Morgan fingerprint density at radius 2 is 1.95 bits per heavy atom. The molecule has 1 aromatic carbocycles. The van der Waals surface area contributed by atoms with Crippen LogP contribution in [0.1, 0.15) is 5.69 Å². The molecule has 3 rings (SSSR count). The normalized spacial score (nSPS) is 10.7. The molecule has 4 nitrogen and oxygen atoms in total. The minimum absolute atomic E-state index is 0.0498. The first kappa shape index (κ1) is 12.4. The van der Waals surface area contributed by atoms with Gasteiger partial charge in [0, 0.05) is 24.7 Å². The quantitative estimate of drug-likeness (QED) is 0.791. The molecule has 0 aliphatic carbocycles. The number of benzene rings is 1. The van der Waals surface area contributed by atoms with Gasteiger partial charge in [-0.15, -0.1) is 0 Å². The van der Waals surface area contributed by atoms with Gasteiger partial charge in [0.15, 0.2) is 5.43 Å². The van der Waals surface area contributed by atoms with E-state index in [0.29, 0.717) is 6.54 Å². The predicted octanol–water partition coefficient (Wildman–Crippen LogP) is 2.49. The lowest BCUT2D eigenvalue weighted by molar-refractivity contribution is 0.799. The molecule has 0 amide bonds. The second kappa shape index (κ2) is 5.17. The van der Waals surface area contributed by atoms with Crippen LogP contribution in [0.25, 0.3) is 10.9 Å². The van der Waals surface area contributed by atoms with E-state index in [1.165, 1.54) is 0 Å². The number of aromatic nitrogens is 2. The van der Waals surface area contributed by atoms with E-state index in [2.05, 4.69) is 10.3 Å². The molecule has 0 bridgehead atoms. The molecule has 20 heavy (non-hydrogen) atoms. The number of hydrogen-bond donors (Lipinski definition) is 1. The largest absolute Gasteiger partial charge is 0.373 e. The van der Waals surface area contributed by atoms with Crippen LogP contribution >= 0.6 is 0 Å². The van der Waals surface area contributed by atoms with Gasteiger partial charge in [0.2, 0.25) is 0 Å². The van der Waals surface area contributed by atoms with Crippen LogP contribution < -0.4 is 10.7 Å². The highest BCUT2D eigenvalue weighted by molar-refractivity contribution is 5.78. The van der Waals surface area contributed by atoms with E-state index < -0.39 is 0 Å². The monoisotopic (exact) mass is 265 g/mol. The van der Waals surface area contributed by atoms with Crippen LogP contribution in [0.15, 0.2) is 59.5 Å². The Balaban J connectivity index is 2.07. The van der Waals surface area contributed by atoms with Crippen molar-refractivity contribution in [3.05, 3.63) is 70.6 Å². The Morgan fingerprint density at radius 1 is 1.10 bits per heavy atom. The highest BCUT2D eigenvalue weighted by Gasteiger charge is 2.03. The van der Waals surface area contributed by atoms with Crippen molar-refractivity contribution in [2.45, 2.75) is 6.54 Å². The van der Waals surface area contributed by atoms with Crippen LogP contribution in [0.2, 0.25) is 0 Å². The molecule has 4 heteroatoms. The molecule has 0 spiro atoms. The maximum Gasteiger partial charge on any atom is 0.189 e. The standard InChI is InChI=1S/C16H15N3O/c1-17-16-8-4-5-12(18-16)11-19-10-9-15(20)13-6-2-3-7-14(13)19/h2-10H,11H2,1H3,(H,17,18). The third kappa shape index (κ3) is 2.28. The van der Waals surface area contributed by atoms with Gasteiger partial charge in [-0.1, -0.05) is 18.2 Å². The summed E-state index contributed by atoms with van der Waals surface area (Å²) in [5, 5.41) is 3.76. The fourth-order valence-electron chi connectivity index (χ4n) is 2.28. The van der Waals surface area contributed by atoms with Gasteiger partial charge in [0.05, 0.1) is 17.8 Å². The van der Waals surface area contributed by atoms with Gasteiger partial charge in [0.25, 0.3) is 0 Å². The first-order valence-electron chi connectivity index (χ1n) is 6.50. The number of anilines is 1. The fraction of sp³-hybridized carbons (Fsp3) is 0.125. The molecule has 0 saturated carbocycles. The minimum atomic E-state index is 0.0498. The molecular formula is C16H15N3O. The molecule has 2 heterocycles. The summed E-state index contributed by atoms with van der Waals surface area (Å²) < 4.78 is 2.04. The number of para-hydroxylation sites is 1. The Morgan fingerprint density at radius 3 is 2.80 bits per heavy atom. The maximum absolute atomic E-state index is 11.8. The van der Waals surface area contributed by atoms with E-state index in [9.17, 15) is 4.79 Å². The lowest BCUT2D eigenvalue weighted by atomic mass is 10.2. The van der Waals surface area contributed by atoms with Crippen LogP contribution in [-0.4, -0.2) is 16.6 Å². The van der Waals surface area contributed by atoms with E-state index in [1.54, 1.807) is 6.07 Å². The highest BCUT2D eigenvalue weighted by Crippen LogP contribution is 2.12. The number of fused-ring (bicyclic) bond motifs is 1. The predicted molar refractivity (Wildman–Crippen MR) is 81.1 cm³/mol. The highest BCUT2D eigenvalue weighted by atomic mass is 16.1. The van der Waals surface area contributed by atoms with Crippen molar-refractivity contribution in [3.8, 4) is 0 Å². The third-order valence-electron chi connectivity index (χ3n) is 3.28. The van der Waals surface area contributed by atoms with Crippen molar-refractivity contribution in [1.29, 1.82) is 0 Å². The van der Waals surface area contributed by atoms with Gasteiger partial charge in [-0.3, -0.25) is 4.79 Å². The molecule has 100 valence electrons. The zero-order valence-electron chi connectivity index (χ0n) is 11.2. The smallest absolute Gasteiger partial charge is 0.189 e. The summed E-state index contributed by atoms with van der Waals surface area (Å²) in [5.41, 5.74) is 1.93. The lowest BCUT2D eigenvalue weighted by Crippen LogP contribution is -2.09. The Labute approximate surface area is 116 Å². The third-order valence-corrected chi connectivity index (χ3v) is 3.28. The maximum atomic E-state index is 11.8. The number of nitrogens with zero attached hydrogens (tertiary/aromatic N) is 2. The van der Waals surface area contributed by atoms with Gasteiger partial charge in [0.1, 0.15) is 5.82 Å². The van der Waals surface area contributed by atoms with Crippen molar-refractivity contribution in [2.75, 3.05) is 12.4 Å². The van der Waals surface area contributed by atoms with Gasteiger partial charge in [-0.25, -0.2) is 4.98 Å². The molecule has 0 fully saturated rings. The fourth-order valence-corrected chi connectivity index (χ4v) is 2.28. The van der Waals surface area contributed by atoms with E-state index in [1.807, 2.05) is 60.3 Å². The van der Waals surface area contributed by atoms with E-state index in [4.69, 9.17) is 0 Å². The van der Waals surface area contributed by atoms with Crippen LogP contribution in [0.4, 0.5) is 5.82 Å². The van der Waals surface area contributed by atoms with E-state index in [-0.39, 0.29) is 5.43 Å². The number of hydrogen-bond acceptors (Lipinski definition) is 3. The van der Waals surface area contributed by atoms with E-state index >= 15 is 0 Å². The molecule has 0 aliphatic rings. The average Bonchev–Trinajstić information content (AvgIpc) is 2.51. The molecule has 0 atom stereocenters. The summed E-state index contributed by atoms with van der Waals surface area (Å²) in [6.07, 6.45) is 1.82. The second-order valence-corrected chi connectivity index (χ2v) is 4.59. The van der Waals surface area contributed by atoms with Gasteiger partial charge < -0.3 is 9.88 Å². The molecular weight excluding hydrogens is 250 g/mol. The number of nitrogens with one attached hydrogen (secondary N) is 1. The van der Waals surface area contributed by atoms with Crippen LogP contribution in [0.3, 0.4) is 0 Å². The van der Waals surface area contributed by atoms with Gasteiger partial charge in [-0.05, 0) is 24.3 Å². The van der Waals surface area contributed by atoms with Crippen molar-refractivity contribution >= 4 is 16.7 Å². The summed E-state index contributed by atoms with van der Waals surface area (Å²) >= 11 is 0. The number of rotatable bonds is 3. The zero-order chi connectivity index (χ0) is 13.9. The molecule has 0 saturated heterocycles. The molecule has 3 aromatic rings. The summed E-state index contributed by atoms with van der Waals surface area (Å²) in [7, 11) is 1.85. The lowest BCUT2D eigenvalue weighted by Gasteiger charge is -2.11. The first-order chi connectivity index (χ1) is 9.78. The Kier molecular flexibility index (Phi) is 3.21. The number of pyridine rings is 2. The van der Waals surface area contributed by atoms with E-state index in [0.717, 1.165) is 22.4 Å². The van der Waals surface area contributed by atoms with Crippen LogP contribution in [0, 0.1) is 0 Å². The van der Waals surface area contributed by atoms with Crippen molar-refractivity contribution in [3.63, 3.8) is 0 Å². The first-order valence-corrected chi connectivity index (χ1v) is 6.50. The molecule has 0 radical (unpaired) electrons. The zero-order valence-corrected chi connectivity index (χ0v) is 11.2. The topological polar surface area (TPSA) is 46.9 Å². The Hall–Kier alpha value is -2.62. The van der Waals surface area contributed by atoms with Crippen molar-refractivity contribution < 1.29 is 0 Å². The summed E-state index contributed by atoms with van der Waals surface area (Å²) in [5.74, 6) is 0.841. The van der Waals surface area contributed by atoms with Crippen molar-refractivity contribution in [2.24, 2.45) is 0 Å². The summed E-state index contributed by atoms with van der Waals surface area (Å²) in [6.45, 7) is 0.635. The molecule has 1 N–H and O–H groups in total. The molecule has 0 aliphatic heterocycles. The van der Waals surface area contributed by atoms with Gasteiger partial charge >= 0.3 is 0 Å². The van der Waals surface area contributed by atoms with Crippen LogP contribution in [-0.2, 0) is 6.54 Å². The molecule has 2 aromatic heterocycles. The average molecular weight is 265 g/mol. The summed E-state index contributed by atoms with van der Waals surface area (Å²) in [6, 6.07) is 15.1. The summed E-state index contributed by atoms with van der Waals surface area (Å²) in [4.78, 5) is 16.4. The SMILES string of the molecule is CNc1cccc(Cn2ccc(=O)c3ccccc32)n1. The minimum Gasteiger partial charge on any atom is -0.373 e. The Bertz CT molecular complexity index is 808. The molecule has 0 unspecified atom stereocenters. The van der Waals surface area contributed by atoms with Crippen molar-refractivity contribution in [1.82, 2.24) is 9.55 Å².